The lowest BCUT2D eigenvalue weighted by molar-refractivity contribution is 0.869. The number of hydrogen-bond acceptors (Lipinski definition) is 2. The average molecular weight is 402 g/mol. The van der Waals surface area contributed by atoms with E-state index in [1.54, 1.807) is 6.33 Å². The Bertz CT molecular complexity index is 1620. The molecule has 6 rings (SSSR count). The molecule has 6 aromatic rings. The molecule has 0 spiro atoms. The maximum Gasteiger partial charge on any atom is 0.116 e. The number of nitrogens with zero attached hydrogens (tertiary/aromatic N) is 3. The van der Waals surface area contributed by atoms with Crippen LogP contribution in [-0.4, -0.2) is 14.5 Å². The van der Waals surface area contributed by atoms with E-state index in [1.807, 2.05) is 0 Å². The molecule has 0 amide bonds. The molecule has 0 bridgehead atoms. The summed E-state index contributed by atoms with van der Waals surface area (Å²) in [5, 5.41) is 6.14. The van der Waals surface area contributed by atoms with Gasteiger partial charge in [0.25, 0.3) is 0 Å². The van der Waals surface area contributed by atoms with Crippen molar-refractivity contribution in [3.63, 3.8) is 0 Å². The minimum absolute atomic E-state index is 0.512. The Morgan fingerprint density at radius 1 is 0.742 bits per heavy atom. The number of benzene rings is 4. The molecule has 0 aliphatic carbocycles. The van der Waals surface area contributed by atoms with Crippen molar-refractivity contribution in [2.24, 2.45) is 7.05 Å². The second-order valence-corrected chi connectivity index (χ2v) is 8.67. The van der Waals surface area contributed by atoms with E-state index in [1.165, 1.54) is 38.0 Å². The van der Waals surface area contributed by atoms with E-state index < -0.39 is 0 Å². The van der Waals surface area contributed by atoms with Crippen molar-refractivity contribution in [3.8, 4) is 11.3 Å². The summed E-state index contributed by atoms with van der Waals surface area (Å²) in [4.78, 5) is 9.41. The van der Waals surface area contributed by atoms with Gasteiger partial charge in [-0.25, -0.2) is 9.97 Å². The first-order chi connectivity index (χ1) is 15.1. The summed E-state index contributed by atoms with van der Waals surface area (Å²) in [6.45, 7) is 4.48. The number of hydrogen-bond donors (Lipinski definition) is 0. The van der Waals surface area contributed by atoms with E-state index in [0.717, 1.165) is 22.3 Å². The fourth-order valence-corrected chi connectivity index (χ4v) is 4.69. The van der Waals surface area contributed by atoms with Crippen LogP contribution in [0.1, 0.15) is 25.3 Å². The molecule has 0 unspecified atom stereocenters. The molecule has 3 nitrogen and oxygen atoms in total. The van der Waals surface area contributed by atoms with Gasteiger partial charge >= 0.3 is 0 Å². The van der Waals surface area contributed by atoms with Crippen LogP contribution in [0.25, 0.3) is 54.7 Å². The van der Waals surface area contributed by atoms with E-state index in [-0.39, 0.29) is 0 Å². The van der Waals surface area contributed by atoms with Crippen LogP contribution < -0.4 is 0 Å². The first-order valence-electron chi connectivity index (χ1n) is 10.8. The highest BCUT2D eigenvalue weighted by Gasteiger charge is 2.16. The van der Waals surface area contributed by atoms with Gasteiger partial charge in [0, 0.05) is 18.0 Å². The molecular weight excluding hydrogens is 378 g/mol. The lowest BCUT2D eigenvalue weighted by Crippen LogP contribution is -1.94. The lowest BCUT2D eigenvalue weighted by Gasteiger charge is -2.08. The third-order valence-corrected chi connectivity index (χ3v) is 6.44. The van der Waals surface area contributed by atoms with Crippen molar-refractivity contribution in [3.05, 3.63) is 84.7 Å². The van der Waals surface area contributed by atoms with Crippen molar-refractivity contribution in [2.75, 3.05) is 0 Å². The Hall–Kier alpha value is -3.72. The highest BCUT2D eigenvalue weighted by molar-refractivity contribution is 6.13. The van der Waals surface area contributed by atoms with Crippen LogP contribution in [0.3, 0.4) is 0 Å². The van der Waals surface area contributed by atoms with Gasteiger partial charge < -0.3 is 4.57 Å². The Kier molecular flexibility index (Phi) is 3.87. The van der Waals surface area contributed by atoms with Gasteiger partial charge in [-0.05, 0) is 51.2 Å². The summed E-state index contributed by atoms with van der Waals surface area (Å²) in [7, 11) is 2.12. The monoisotopic (exact) mass is 401 g/mol. The molecule has 0 N–H and O–H groups in total. The average Bonchev–Trinajstić information content (AvgIpc) is 3.08. The summed E-state index contributed by atoms with van der Waals surface area (Å²) in [6, 6.07) is 26.3. The van der Waals surface area contributed by atoms with Gasteiger partial charge in [0.05, 0.1) is 16.7 Å². The maximum absolute atomic E-state index is 4.71. The van der Waals surface area contributed by atoms with Gasteiger partial charge in [0.2, 0.25) is 0 Å². The Balaban J connectivity index is 1.66. The Labute approximate surface area is 181 Å². The zero-order chi connectivity index (χ0) is 21.1. The molecule has 150 valence electrons. The predicted octanol–water partition coefficient (Wildman–Crippen LogP) is 7.22. The van der Waals surface area contributed by atoms with Gasteiger partial charge in [-0.3, -0.25) is 0 Å². The van der Waals surface area contributed by atoms with E-state index in [4.69, 9.17) is 9.97 Å². The van der Waals surface area contributed by atoms with Gasteiger partial charge in [-0.1, -0.05) is 68.4 Å². The summed E-state index contributed by atoms with van der Waals surface area (Å²) in [5.41, 5.74) is 6.72. The molecule has 0 fully saturated rings. The summed E-state index contributed by atoms with van der Waals surface area (Å²) in [5.74, 6) is 0.512. The minimum Gasteiger partial charge on any atom is -0.340 e. The van der Waals surface area contributed by atoms with Crippen molar-refractivity contribution >= 4 is 43.5 Å². The van der Waals surface area contributed by atoms with E-state index in [2.05, 4.69) is 98.3 Å². The van der Waals surface area contributed by atoms with Gasteiger partial charge in [0.1, 0.15) is 11.8 Å². The van der Waals surface area contributed by atoms with Crippen LogP contribution in [0.5, 0.6) is 0 Å². The van der Waals surface area contributed by atoms with Crippen LogP contribution in [0.4, 0.5) is 0 Å². The number of aryl methyl sites for hydroxylation is 1. The quantitative estimate of drug-likeness (QED) is 0.307. The van der Waals surface area contributed by atoms with Crippen molar-refractivity contribution < 1.29 is 0 Å². The number of fused-ring (bicyclic) bond motifs is 5. The zero-order valence-corrected chi connectivity index (χ0v) is 17.9. The molecule has 4 aromatic carbocycles. The standard InChI is InChI=1S/C28H23N3/c1-17(2)19-9-10-21-14-24-25(15-23(21)12-19)31(3)28-26(29-16-30-27(24)28)22-11-8-18-6-4-5-7-20(18)13-22/h4-17H,1-3H3. The van der Waals surface area contributed by atoms with Gasteiger partial charge in [-0.15, -0.1) is 0 Å². The van der Waals surface area contributed by atoms with E-state index in [9.17, 15) is 0 Å². The molecule has 31 heavy (non-hydrogen) atoms. The van der Waals surface area contributed by atoms with Gasteiger partial charge in [0.15, 0.2) is 0 Å². The topological polar surface area (TPSA) is 30.7 Å². The fourth-order valence-electron chi connectivity index (χ4n) is 4.69. The second kappa shape index (κ2) is 6.64. The number of rotatable bonds is 2. The molecule has 0 aliphatic heterocycles. The fraction of sp³-hybridized carbons (Fsp3) is 0.143. The highest BCUT2D eigenvalue weighted by atomic mass is 15.0. The first kappa shape index (κ1) is 18.1. The molecule has 0 radical (unpaired) electrons. The first-order valence-corrected chi connectivity index (χ1v) is 10.8. The largest absolute Gasteiger partial charge is 0.340 e. The number of aromatic nitrogens is 3. The van der Waals surface area contributed by atoms with Crippen LogP contribution in [0, 0.1) is 0 Å². The smallest absolute Gasteiger partial charge is 0.116 e. The van der Waals surface area contributed by atoms with E-state index >= 15 is 0 Å². The van der Waals surface area contributed by atoms with Crippen LogP contribution >= 0.6 is 0 Å². The zero-order valence-electron chi connectivity index (χ0n) is 17.9. The molecule has 0 saturated carbocycles. The van der Waals surface area contributed by atoms with Crippen molar-refractivity contribution in [2.45, 2.75) is 19.8 Å². The summed E-state index contributed by atoms with van der Waals surface area (Å²) in [6.07, 6.45) is 1.69. The third-order valence-electron chi connectivity index (χ3n) is 6.44. The summed E-state index contributed by atoms with van der Waals surface area (Å²) >= 11 is 0. The van der Waals surface area contributed by atoms with Crippen molar-refractivity contribution in [1.29, 1.82) is 0 Å². The molecule has 0 aliphatic rings. The van der Waals surface area contributed by atoms with Crippen LogP contribution in [-0.2, 0) is 7.05 Å². The van der Waals surface area contributed by atoms with E-state index in [0.29, 0.717) is 5.92 Å². The van der Waals surface area contributed by atoms with Crippen molar-refractivity contribution in [1.82, 2.24) is 14.5 Å². The second-order valence-electron chi connectivity index (χ2n) is 8.67. The third kappa shape index (κ3) is 2.73. The van der Waals surface area contributed by atoms with Crippen LogP contribution in [0.15, 0.2) is 79.1 Å². The predicted molar refractivity (Wildman–Crippen MR) is 131 cm³/mol. The van der Waals surface area contributed by atoms with Crippen LogP contribution in [0.2, 0.25) is 0 Å². The van der Waals surface area contributed by atoms with Gasteiger partial charge in [-0.2, -0.15) is 0 Å². The minimum atomic E-state index is 0.512. The normalized spacial score (nSPS) is 12.0. The molecule has 2 heterocycles. The lowest BCUT2D eigenvalue weighted by atomic mass is 9.98. The molecular formula is C28H23N3. The molecule has 0 atom stereocenters. The Morgan fingerprint density at radius 2 is 1.52 bits per heavy atom. The molecule has 3 heteroatoms. The Morgan fingerprint density at radius 3 is 2.35 bits per heavy atom. The molecule has 0 saturated heterocycles. The maximum atomic E-state index is 4.71. The summed E-state index contributed by atoms with van der Waals surface area (Å²) < 4.78 is 2.25. The highest BCUT2D eigenvalue weighted by Crippen LogP contribution is 2.36. The SMILES string of the molecule is CC(C)c1ccc2cc3c4ncnc(-c5ccc6ccccc6c5)c4n(C)c3cc2c1. The molecule has 2 aromatic heterocycles.